The van der Waals surface area contributed by atoms with Gasteiger partial charge in [-0.05, 0) is 24.3 Å². The number of nitrogens with one attached hydrogen (secondary N) is 1. The van der Waals surface area contributed by atoms with E-state index in [9.17, 15) is 4.39 Å². The molecule has 2 aromatic rings. The van der Waals surface area contributed by atoms with E-state index in [1.165, 1.54) is 24.3 Å². The fourth-order valence-corrected chi connectivity index (χ4v) is 1.50. The van der Waals surface area contributed by atoms with Gasteiger partial charge < -0.3 is 14.8 Å². The number of benzene rings is 1. The zero-order valence-corrected chi connectivity index (χ0v) is 11.2. The predicted molar refractivity (Wildman–Crippen MR) is 72.1 cm³/mol. The molecule has 20 heavy (non-hydrogen) atoms. The van der Waals surface area contributed by atoms with E-state index in [1.54, 1.807) is 19.5 Å². The van der Waals surface area contributed by atoms with E-state index in [0.717, 1.165) is 12.1 Å². The summed E-state index contributed by atoms with van der Waals surface area (Å²) in [6.45, 7) is 2.09. The lowest BCUT2D eigenvalue weighted by molar-refractivity contribution is 0.199. The fourth-order valence-electron chi connectivity index (χ4n) is 1.50. The standard InChI is InChI=1S/C14H16FN3O2/c1-19-7-6-16-8-11-9-17-14(18-10-11)20-13-4-2-12(15)3-5-13/h2-5,9-10,16H,6-8H2,1H3. The van der Waals surface area contributed by atoms with Crippen LogP contribution in [0.25, 0.3) is 0 Å². The Bertz CT molecular complexity index is 517. The molecule has 2 rings (SSSR count). The average Bonchev–Trinajstić information content (AvgIpc) is 2.48. The van der Waals surface area contributed by atoms with Crippen LogP contribution in [0.15, 0.2) is 36.7 Å². The lowest BCUT2D eigenvalue weighted by atomic mass is 10.3. The van der Waals surface area contributed by atoms with Crippen molar-refractivity contribution in [2.45, 2.75) is 6.54 Å². The Morgan fingerprint density at radius 1 is 1.15 bits per heavy atom. The van der Waals surface area contributed by atoms with Crippen LogP contribution in [-0.2, 0) is 11.3 Å². The highest BCUT2D eigenvalue weighted by Crippen LogP contribution is 2.17. The van der Waals surface area contributed by atoms with Crippen molar-refractivity contribution in [2.75, 3.05) is 20.3 Å². The summed E-state index contributed by atoms with van der Waals surface area (Å²) < 4.78 is 23.1. The summed E-state index contributed by atoms with van der Waals surface area (Å²) >= 11 is 0. The smallest absolute Gasteiger partial charge is 0.321 e. The summed E-state index contributed by atoms with van der Waals surface area (Å²) in [6, 6.07) is 5.93. The quantitative estimate of drug-likeness (QED) is 0.786. The van der Waals surface area contributed by atoms with Gasteiger partial charge in [0.1, 0.15) is 11.6 Å². The molecule has 0 saturated heterocycles. The van der Waals surface area contributed by atoms with E-state index in [4.69, 9.17) is 9.47 Å². The minimum Gasteiger partial charge on any atom is -0.424 e. The van der Waals surface area contributed by atoms with E-state index in [1.807, 2.05) is 0 Å². The first-order chi connectivity index (χ1) is 9.78. The van der Waals surface area contributed by atoms with E-state index >= 15 is 0 Å². The third-order valence-electron chi connectivity index (χ3n) is 2.52. The largest absolute Gasteiger partial charge is 0.424 e. The number of nitrogens with zero attached hydrogens (tertiary/aromatic N) is 2. The van der Waals surface area contributed by atoms with Crippen LogP contribution in [0.4, 0.5) is 4.39 Å². The molecule has 1 heterocycles. The van der Waals surface area contributed by atoms with Gasteiger partial charge in [0.25, 0.3) is 0 Å². The Morgan fingerprint density at radius 2 is 1.85 bits per heavy atom. The summed E-state index contributed by atoms with van der Waals surface area (Å²) in [5, 5.41) is 3.19. The van der Waals surface area contributed by atoms with Gasteiger partial charge in [-0.15, -0.1) is 0 Å². The summed E-state index contributed by atoms with van der Waals surface area (Å²) in [5.74, 6) is 0.188. The van der Waals surface area contributed by atoms with Crippen molar-refractivity contribution in [3.63, 3.8) is 0 Å². The van der Waals surface area contributed by atoms with Crippen molar-refractivity contribution in [1.29, 1.82) is 0 Å². The normalized spacial score (nSPS) is 10.5. The molecule has 0 unspecified atom stereocenters. The maximum absolute atomic E-state index is 12.7. The molecule has 0 spiro atoms. The molecular weight excluding hydrogens is 261 g/mol. The summed E-state index contributed by atoms with van der Waals surface area (Å²) in [4.78, 5) is 8.19. The molecule has 6 heteroatoms. The first-order valence-electron chi connectivity index (χ1n) is 6.22. The van der Waals surface area contributed by atoms with Crippen molar-refractivity contribution < 1.29 is 13.9 Å². The van der Waals surface area contributed by atoms with Crippen LogP contribution in [0.3, 0.4) is 0 Å². The van der Waals surface area contributed by atoms with Gasteiger partial charge in [-0.25, -0.2) is 14.4 Å². The van der Waals surface area contributed by atoms with Gasteiger partial charge in [-0.3, -0.25) is 0 Å². The molecule has 0 aliphatic rings. The number of rotatable bonds is 7. The van der Waals surface area contributed by atoms with Gasteiger partial charge in [0.15, 0.2) is 0 Å². The average molecular weight is 277 g/mol. The van der Waals surface area contributed by atoms with Crippen molar-refractivity contribution in [3.05, 3.63) is 48.0 Å². The second-order valence-corrected chi connectivity index (χ2v) is 4.10. The topological polar surface area (TPSA) is 56.3 Å². The summed E-state index contributed by atoms with van der Waals surface area (Å²) in [7, 11) is 1.66. The van der Waals surface area contributed by atoms with Crippen molar-refractivity contribution in [1.82, 2.24) is 15.3 Å². The highest BCUT2D eigenvalue weighted by Gasteiger charge is 2.01. The van der Waals surface area contributed by atoms with Crippen LogP contribution in [0.1, 0.15) is 5.56 Å². The maximum atomic E-state index is 12.7. The van der Waals surface area contributed by atoms with Gasteiger partial charge in [0, 0.05) is 38.2 Å². The predicted octanol–water partition coefficient (Wildman–Crippen LogP) is 2.14. The summed E-state index contributed by atoms with van der Waals surface area (Å²) in [6.07, 6.45) is 3.37. The van der Waals surface area contributed by atoms with Crippen molar-refractivity contribution in [2.24, 2.45) is 0 Å². The van der Waals surface area contributed by atoms with E-state index in [-0.39, 0.29) is 11.8 Å². The van der Waals surface area contributed by atoms with Gasteiger partial charge in [0.05, 0.1) is 6.61 Å². The van der Waals surface area contributed by atoms with Gasteiger partial charge in [-0.1, -0.05) is 0 Å². The number of ether oxygens (including phenoxy) is 2. The molecule has 1 aromatic carbocycles. The van der Waals surface area contributed by atoms with Crippen LogP contribution in [-0.4, -0.2) is 30.2 Å². The molecule has 1 aromatic heterocycles. The van der Waals surface area contributed by atoms with Gasteiger partial charge in [-0.2, -0.15) is 0 Å². The Labute approximate surface area is 116 Å². The molecule has 0 fully saturated rings. The minimum atomic E-state index is -0.309. The second kappa shape index (κ2) is 7.52. The zero-order valence-electron chi connectivity index (χ0n) is 11.2. The Balaban J connectivity index is 1.86. The van der Waals surface area contributed by atoms with E-state index in [2.05, 4.69) is 15.3 Å². The molecule has 1 N–H and O–H groups in total. The van der Waals surface area contributed by atoms with E-state index in [0.29, 0.717) is 18.9 Å². The zero-order chi connectivity index (χ0) is 14.2. The fraction of sp³-hybridized carbons (Fsp3) is 0.286. The Morgan fingerprint density at radius 3 is 2.50 bits per heavy atom. The van der Waals surface area contributed by atoms with Crippen LogP contribution in [0.5, 0.6) is 11.8 Å². The van der Waals surface area contributed by atoms with Crippen LogP contribution < -0.4 is 10.1 Å². The number of methoxy groups -OCH3 is 1. The van der Waals surface area contributed by atoms with Crippen LogP contribution in [0, 0.1) is 5.82 Å². The first kappa shape index (κ1) is 14.4. The number of hydrogen-bond donors (Lipinski definition) is 1. The van der Waals surface area contributed by atoms with Crippen LogP contribution >= 0.6 is 0 Å². The number of aromatic nitrogens is 2. The minimum absolute atomic E-state index is 0.234. The molecule has 0 radical (unpaired) electrons. The van der Waals surface area contributed by atoms with Gasteiger partial charge >= 0.3 is 6.01 Å². The summed E-state index contributed by atoms with van der Waals surface area (Å²) in [5.41, 5.74) is 0.951. The lowest BCUT2D eigenvalue weighted by Gasteiger charge is -2.05. The molecule has 5 nitrogen and oxygen atoms in total. The molecule has 0 atom stereocenters. The lowest BCUT2D eigenvalue weighted by Crippen LogP contribution is -2.18. The van der Waals surface area contributed by atoms with Crippen molar-refractivity contribution in [3.8, 4) is 11.8 Å². The van der Waals surface area contributed by atoms with Crippen molar-refractivity contribution >= 4 is 0 Å². The highest BCUT2D eigenvalue weighted by atomic mass is 19.1. The van der Waals surface area contributed by atoms with Gasteiger partial charge in [0.2, 0.25) is 0 Å². The molecule has 0 saturated carbocycles. The monoisotopic (exact) mass is 277 g/mol. The Kier molecular flexibility index (Phi) is 5.40. The number of hydrogen-bond acceptors (Lipinski definition) is 5. The van der Waals surface area contributed by atoms with E-state index < -0.39 is 0 Å². The third-order valence-corrected chi connectivity index (χ3v) is 2.52. The van der Waals surface area contributed by atoms with Crippen LogP contribution in [0.2, 0.25) is 0 Å². The maximum Gasteiger partial charge on any atom is 0.321 e. The first-order valence-corrected chi connectivity index (χ1v) is 6.22. The molecule has 0 aliphatic carbocycles. The second-order valence-electron chi connectivity index (χ2n) is 4.10. The number of halogens is 1. The molecule has 0 aliphatic heterocycles. The SMILES string of the molecule is COCCNCc1cnc(Oc2ccc(F)cc2)nc1. The molecule has 0 amide bonds. The molecular formula is C14H16FN3O2. The third kappa shape index (κ3) is 4.56. The Hall–Kier alpha value is -2.05. The molecule has 106 valence electrons. The molecule has 0 bridgehead atoms. The highest BCUT2D eigenvalue weighted by molar-refractivity contribution is 5.25.